The summed E-state index contributed by atoms with van der Waals surface area (Å²) >= 11 is 0. The number of carbonyl (C=O) groups excluding carboxylic acids is 1. The Bertz CT molecular complexity index is 401. The molecule has 0 bridgehead atoms. The fourth-order valence-corrected chi connectivity index (χ4v) is 2.37. The zero-order valence-corrected chi connectivity index (χ0v) is 10.6. The van der Waals surface area contributed by atoms with Crippen LogP contribution in [0, 0.1) is 5.92 Å². The molecule has 1 atom stereocenters. The van der Waals surface area contributed by atoms with Gasteiger partial charge in [-0.2, -0.15) is 0 Å². The number of aliphatic hydroxyl groups excluding tert-OH is 1. The third-order valence-electron chi connectivity index (χ3n) is 3.33. The van der Waals surface area contributed by atoms with E-state index < -0.39 is 5.97 Å². The van der Waals surface area contributed by atoms with Crippen LogP contribution in [-0.2, 0) is 11.3 Å². The van der Waals surface area contributed by atoms with E-state index in [2.05, 4.69) is 9.64 Å². The van der Waals surface area contributed by atoms with Crippen molar-refractivity contribution in [2.45, 2.75) is 19.4 Å². The van der Waals surface area contributed by atoms with Crippen molar-refractivity contribution in [2.75, 3.05) is 26.8 Å². The second-order valence-corrected chi connectivity index (χ2v) is 4.66. The first-order chi connectivity index (χ1) is 8.72. The number of likely N-dealkylation sites (tertiary alicyclic amines) is 1. The molecule has 1 aromatic heterocycles. The van der Waals surface area contributed by atoms with Crippen molar-refractivity contribution in [2.24, 2.45) is 5.92 Å². The Morgan fingerprint density at radius 3 is 3.17 bits per heavy atom. The number of aliphatic hydroxyl groups is 1. The van der Waals surface area contributed by atoms with Crippen LogP contribution in [-0.4, -0.2) is 42.8 Å². The molecule has 5 heteroatoms. The van der Waals surface area contributed by atoms with Crippen molar-refractivity contribution in [3.8, 4) is 0 Å². The topological polar surface area (TPSA) is 62.9 Å². The Morgan fingerprint density at radius 2 is 2.44 bits per heavy atom. The van der Waals surface area contributed by atoms with Gasteiger partial charge in [-0.1, -0.05) is 0 Å². The third-order valence-corrected chi connectivity index (χ3v) is 3.33. The maximum Gasteiger partial charge on any atom is 0.373 e. The normalized spacial score (nSPS) is 20.2. The molecule has 0 radical (unpaired) electrons. The Morgan fingerprint density at radius 1 is 1.61 bits per heavy atom. The molecular weight excluding hydrogens is 234 g/mol. The molecule has 0 amide bonds. The van der Waals surface area contributed by atoms with Gasteiger partial charge >= 0.3 is 5.97 Å². The molecule has 18 heavy (non-hydrogen) atoms. The van der Waals surface area contributed by atoms with E-state index in [9.17, 15) is 4.79 Å². The van der Waals surface area contributed by atoms with Crippen molar-refractivity contribution in [1.82, 2.24) is 4.90 Å². The highest BCUT2D eigenvalue weighted by Gasteiger charge is 2.23. The fraction of sp³-hybridized carbons (Fsp3) is 0.615. The quantitative estimate of drug-likeness (QED) is 0.801. The lowest BCUT2D eigenvalue weighted by Gasteiger charge is -2.13. The summed E-state index contributed by atoms with van der Waals surface area (Å²) in [4.78, 5) is 13.5. The molecule has 0 aromatic carbocycles. The molecule has 2 rings (SSSR count). The molecule has 2 heterocycles. The smallest absolute Gasteiger partial charge is 0.373 e. The number of methoxy groups -OCH3 is 1. The number of furan rings is 1. The number of hydrogen-bond acceptors (Lipinski definition) is 5. The molecule has 0 spiro atoms. The summed E-state index contributed by atoms with van der Waals surface area (Å²) in [6.45, 7) is 2.96. The van der Waals surface area contributed by atoms with Crippen molar-refractivity contribution in [3.63, 3.8) is 0 Å². The number of rotatable bonds is 5. The van der Waals surface area contributed by atoms with Gasteiger partial charge in [0.1, 0.15) is 5.76 Å². The minimum Gasteiger partial charge on any atom is -0.463 e. The average molecular weight is 253 g/mol. The van der Waals surface area contributed by atoms with Gasteiger partial charge in [-0.3, -0.25) is 4.90 Å². The van der Waals surface area contributed by atoms with Gasteiger partial charge in [0.25, 0.3) is 0 Å². The van der Waals surface area contributed by atoms with Gasteiger partial charge in [0.2, 0.25) is 5.76 Å². The molecule has 1 aliphatic heterocycles. The standard InChI is InChI=1S/C13H19NO4/c1-17-13(16)12-3-2-11(18-12)9-14-6-4-10(8-14)5-7-15/h2-3,10,15H,4-9H2,1H3. The van der Waals surface area contributed by atoms with E-state index in [1.165, 1.54) is 7.11 Å². The van der Waals surface area contributed by atoms with E-state index in [4.69, 9.17) is 9.52 Å². The molecular formula is C13H19NO4. The molecule has 1 saturated heterocycles. The van der Waals surface area contributed by atoms with E-state index in [0.29, 0.717) is 12.5 Å². The van der Waals surface area contributed by atoms with Crippen LogP contribution < -0.4 is 0 Å². The van der Waals surface area contributed by atoms with Gasteiger partial charge in [-0.25, -0.2) is 4.79 Å². The number of esters is 1. The van der Waals surface area contributed by atoms with Gasteiger partial charge < -0.3 is 14.3 Å². The summed E-state index contributed by atoms with van der Waals surface area (Å²) < 4.78 is 10.0. The van der Waals surface area contributed by atoms with Crippen molar-refractivity contribution < 1.29 is 19.1 Å². The lowest BCUT2D eigenvalue weighted by molar-refractivity contribution is 0.0561. The van der Waals surface area contributed by atoms with Crippen LogP contribution in [0.5, 0.6) is 0 Å². The molecule has 0 aliphatic carbocycles. The maximum atomic E-state index is 11.2. The number of nitrogens with zero attached hydrogens (tertiary/aromatic N) is 1. The van der Waals surface area contributed by atoms with Gasteiger partial charge in [-0.15, -0.1) is 0 Å². The molecule has 1 N–H and O–H groups in total. The van der Waals surface area contributed by atoms with Gasteiger partial charge in [0.05, 0.1) is 13.7 Å². The molecule has 100 valence electrons. The Balaban J connectivity index is 1.87. The van der Waals surface area contributed by atoms with Crippen LogP contribution in [0.15, 0.2) is 16.5 Å². The molecule has 1 fully saturated rings. The van der Waals surface area contributed by atoms with Crippen LogP contribution in [0.1, 0.15) is 29.2 Å². The Kier molecular flexibility index (Phi) is 4.38. The van der Waals surface area contributed by atoms with Crippen molar-refractivity contribution in [3.05, 3.63) is 23.7 Å². The highest BCUT2D eigenvalue weighted by molar-refractivity contribution is 5.86. The van der Waals surface area contributed by atoms with Crippen LogP contribution in [0.2, 0.25) is 0 Å². The monoisotopic (exact) mass is 253 g/mol. The highest BCUT2D eigenvalue weighted by Crippen LogP contribution is 2.21. The van der Waals surface area contributed by atoms with E-state index in [0.717, 1.165) is 31.7 Å². The summed E-state index contributed by atoms with van der Waals surface area (Å²) in [5, 5.41) is 8.91. The van der Waals surface area contributed by atoms with Gasteiger partial charge in [0, 0.05) is 13.2 Å². The van der Waals surface area contributed by atoms with Gasteiger partial charge in [-0.05, 0) is 37.4 Å². The zero-order chi connectivity index (χ0) is 13.0. The summed E-state index contributed by atoms with van der Waals surface area (Å²) in [5.74, 6) is 1.16. The number of carbonyl (C=O) groups is 1. The molecule has 1 aromatic rings. The number of hydrogen-bond donors (Lipinski definition) is 1. The fourth-order valence-electron chi connectivity index (χ4n) is 2.37. The van der Waals surface area contributed by atoms with E-state index in [-0.39, 0.29) is 12.4 Å². The predicted octanol–water partition coefficient (Wildman–Crippen LogP) is 1.27. The zero-order valence-electron chi connectivity index (χ0n) is 10.6. The highest BCUT2D eigenvalue weighted by atomic mass is 16.5. The molecule has 5 nitrogen and oxygen atoms in total. The molecule has 0 saturated carbocycles. The van der Waals surface area contributed by atoms with Crippen LogP contribution in [0.25, 0.3) is 0 Å². The lowest BCUT2D eigenvalue weighted by Crippen LogP contribution is -2.20. The third kappa shape index (κ3) is 3.11. The van der Waals surface area contributed by atoms with Crippen molar-refractivity contribution in [1.29, 1.82) is 0 Å². The maximum absolute atomic E-state index is 11.2. The second-order valence-electron chi connectivity index (χ2n) is 4.66. The van der Waals surface area contributed by atoms with E-state index >= 15 is 0 Å². The Labute approximate surface area is 106 Å². The van der Waals surface area contributed by atoms with Crippen LogP contribution in [0.3, 0.4) is 0 Å². The first-order valence-corrected chi connectivity index (χ1v) is 6.23. The number of ether oxygens (including phenoxy) is 1. The minimum atomic E-state index is -0.444. The first kappa shape index (κ1) is 13.1. The van der Waals surface area contributed by atoms with Gasteiger partial charge in [0.15, 0.2) is 0 Å². The van der Waals surface area contributed by atoms with E-state index in [1.807, 2.05) is 6.07 Å². The summed E-state index contributed by atoms with van der Waals surface area (Å²) in [7, 11) is 1.34. The van der Waals surface area contributed by atoms with Crippen molar-refractivity contribution >= 4 is 5.97 Å². The largest absolute Gasteiger partial charge is 0.463 e. The van der Waals surface area contributed by atoms with E-state index in [1.54, 1.807) is 6.07 Å². The average Bonchev–Trinajstić information content (AvgIpc) is 2.99. The first-order valence-electron chi connectivity index (χ1n) is 6.23. The summed E-state index contributed by atoms with van der Waals surface area (Å²) in [5.41, 5.74) is 0. The second kappa shape index (κ2) is 6.02. The summed E-state index contributed by atoms with van der Waals surface area (Å²) in [6, 6.07) is 3.45. The molecule has 1 aliphatic rings. The van der Waals surface area contributed by atoms with Crippen LogP contribution in [0.4, 0.5) is 0 Å². The Hall–Kier alpha value is -1.33. The summed E-state index contributed by atoms with van der Waals surface area (Å²) in [6.07, 6.45) is 1.98. The predicted molar refractivity (Wildman–Crippen MR) is 65.1 cm³/mol. The molecule has 1 unspecified atom stereocenters. The SMILES string of the molecule is COC(=O)c1ccc(CN2CCC(CCO)C2)o1. The lowest BCUT2D eigenvalue weighted by atomic mass is 10.1. The minimum absolute atomic E-state index is 0.249. The van der Waals surface area contributed by atoms with Crippen LogP contribution >= 0.6 is 0 Å².